The highest BCUT2D eigenvalue weighted by Crippen LogP contribution is 2.34. The molecule has 0 bridgehead atoms. The Morgan fingerprint density at radius 2 is 1.33 bits per heavy atom. The fourth-order valence-electron chi connectivity index (χ4n) is 6.10. The van der Waals surface area contributed by atoms with Gasteiger partial charge < -0.3 is 13.4 Å². The van der Waals surface area contributed by atoms with Gasteiger partial charge in [0, 0.05) is 16.3 Å². The van der Waals surface area contributed by atoms with Gasteiger partial charge in [-0.1, -0.05) is 91.0 Å². The number of para-hydroxylation sites is 3. The summed E-state index contributed by atoms with van der Waals surface area (Å²) >= 11 is 0. The quantitative estimate of drug-likeness (QED) is 0.161. The minimum atomic E-state index is 0. The summed E-state index contributed by atoms with van der Waals surface area (Å²) in [5.41, 5.74) is 6.13. The van der Waals surface area contributed by atoms with Crippen LogP contribution in [0.15, 0.2) is 136 Å². The molecular weight excluding hydrogens is 624 g/mol. The number of fused-ring (bicyclic) bond motifs is 4. The lowest BCUT2D eigenvalue weighted by molar-refractivity contribution is 0.0972. The molecule has 0 saturated heterocycles. The number of benzene rings is 5. The van der Waals surface area contributed by atoms with Crippen LogP contribution >= 0.6 is 17.0 Å². The first-order valence-electron chi connectivity index (χ1n) is 14.8. The summed E-state index contributed by atoms with van der Waals surface area (Å²) < 4.78 is 14.7. The Balaban J connectivity index is 0.00000325. The van der Waals surface area contributed by atoms with Crippen LogP contribution in [0.1, 0.15) is 33.3 Å². The molecule has 5 aromatic carbocycles. The van der Waals surface area contributed by atoms with Crippen LogP contribution in [0.2, 0.25) is 0 Å². The number of rotatable bonds is 7. The minimum absolute atomic E-state index is 0. The van der Waals surface area contributed by atoms with Crippen LogP contribution in [0.5, 0.6) is 0 Å². The second-order valence-electron chi connectivity index (χ2n) is 11.1. The van der Waals surface area contributed by atoms with Gasteiger partial charge >= 0.3 is 0 Å². The number of carbonyl (C=O) groups is 1. The molecule has 0 atom stereocenters. The van der Waals surface area contributed by atoms with Crippen LogP contribution in [0.4, 0.5) is 0 Å². The van der Waals surface area contributed by atoms with Gasteiger partial charge in [0.05, 0.1) is 23.2 Å². The maximum Gasteiger partial charge on any atom is 0.182 e. The van der Waals surface area contributed by atoms with Crippen molar-refractivity contribution >= 4 is 72.1 Å². The van der Waals surface area contributed by atoms with Gasteiger partial charge in [-0.25, -0.2) is 4.98 Å². The first kappa shape index (κ1) is 28.6. The normalized spacial score (nSPS) is 11.3. The number of allylic oxidation sites excluding steroid dienone is 1. The maximum absolute atomic E-state index is 13.6. The number of furan rings is 2. The number of Topliss-reactive ketones (excluding diaryl/α,β-unsaturated/α-hetero) is 1. The first-order valence-corrected chi connectivity index (χ1v) is 14.8. The monoisotopic (exact) mass is 652 g/mol. The van der Waals surface area contributed by atoms with Gasteiger partial charge in [-0.3, -0.25) is 4.79 Å². The van der Waals surface area contributed by atoms with Crippen LogP contribution in [0, 0.1) is 6.92 Å². The third-order valence-electron chi connectivity index (χ3n) is 8.32. The lowest BCUT2D eigenvalue weighted by Gasteiger charge is -2.10. The summed E-state index contributed by atoms with van der Waals surface area (Å²) in [6, 6.07) is 40.3. The average molecular weight is 654 g/mol. The number of hydrogen-bond acceptors (Lipinski definition) is 4. The number of halogens is 1. The molecule has 0 aliphatic rings. The van der Waals surface area contributed by atoms with Crippen molar-refractivity contribution in [1.29, 1.82) is 0 Å². The van der Waals surface area contributed by atoms with Gasteiger partial charge in [0.25, 0.3) is 0 Å². The molecule has 0 aliphatic carbocycles. The van der Waals surface area contributed by atoms with E-state index in [4.69, 9.17) is 13.8 Å². The first-order chi connectivity index (χ1) is 21.6. The highest BCUT2D eigenvalue weighted by Gasteiger charge is 2.18. The van der Waals surface area contributed by atoms with Gasteiger partial charge in [-0.15, -0.1) is 17.0 Å². The molecule has 220 valence electrons. The molecule has 3 aromatic heterocycles. The summed E-state index contributed by atoms with van der Waals surface area (Å²) in [6.45, 7) is 2.17. The fraction of sp³-hybridized carbons (Fsp3) is 0.0769. The molecule has 0 saturated carbocycles. The lowest BCUT2D eigenvalue weighted by Crippen LogP contribution is -2.12. The molecule has 0 N–H and O–H groups in total. The Hall–Kier alpha value is -5.20. The standard InChI is InChI=1S/C39H28N2O3.BrH/c1-25-40-33-14-8-13-27(39(33)41(25)24-34(42)29-18-17-26-9-2-3-10-28(26)21-29)19-20-32(37-22-30-11-4-6-15-35(30)43-37)38-23-31-12-5-7-16-36(31)44-38;/h2-18,20-23H,19,24H2,1H3;1H. The summed E-state index contributed by atoms with van der Waals surface area (Å²) in [5.74, 6) is 2.34. The van der Waals surface area contributed by atoms with E-state index in [1.807, 2.05) is 109 Å². The van der Waals surface area contributed by atoms with Gasteiger partial charge in [0.2, 0.25) is 0 Å². The molecule has 0 spiro atoms. The van der Waals surface area contributed by atoms with Crippen LogP contribution in [0.3, 0.4) is 0 Å². The van der Waals surface area contributed by atoms with E-state index in [0.29, 0.717) is 12.0 Å². The second kappa shape index (κ2) is 11.7. The van der Waals surface area contributed by atoms with E-state index in [2.05, 4.69) is 30.3 Å². The average Bonchev–Trinajstić information content (AvgIpc) is 3.76. The SMILES string of the molecule is Br.Cc1nc2cccc(CC=C(c3cc4ccccc4o3)c3cc4ccccc4o3)c2n1CC(=O)c1ccc2ccccc2c1. The summed E-state index contributed by atoms with van der Waals surface area (Å²) in [5, 5.41) is 4.24. The number of nitrogens with zero attached hydrogens (tertiary/aromatic N) is 2. The molecule has 3 heterocycles. The van der Waals surface area contributed by atoms with Gasteiger partial charge in [-0.05, 0) is 66.1 Å². The van der Waals surface area contributed by atoms with Crippen molar-refractivity contribution in [1.82, 2.24) is 9.55 Å². The number of hydrogen-bond donors (Lipinski definition) is 0. The summed E-state index contributed by atoms with van der Waals surface area (Å²) in [4.78, 5) is 18.4. The number of aromatic nitrogens is 2. The Labute approximate surface area is 270 Å². The van der Waals surface area contributed by atoms with E-state index in [9.17, 15) is 4.79 Å². The van der Waals surface area contributed by atoms with E-state index in [1.165, 1.54) is 0 Å². The number of carbonyl (C=O) groups excluding carboxylic acids is 1. The van der Waals surface area contributed by atoms with Crippen molar-refractivity contribution in [2.24, 2.45) is 0 Å². The van der Waals surface area contributed by atoms with Crippen LogP contribution in [-0.4, -0.2) is 15.3 Å². The van der Waals surface area contributed by atoms with E-state index >= 15 is 0 Å². The van der Waals surface area contributed by atoms with E-state index in [-0.39, 0.29) is 29.3 Å². The molecule has 45 heavy (non-hydrogen) atoms. The third-order valence-corrected chi connectivity index (χ3v) is 8.32. The summed E-state index contributed by atoms with van der Waals surface area (Å²) in [6.07, 6.45) is 2.75. The molecule has 0 unspecified atom stereocenters. The number of ketones is 1. The van der Waals surface area contributed by atoms with Crippen molar-refractivity contribution < 1.29 is 13.6 Å². The zero-order chi connectivity index (χ0) is 29.6. The molecular formula is C39H29BrN2O3. The Morgan fingerprint density at radius 3 is 2.00 bits per heavy atom. The largest absolute Gasteiger partial charge is 0.456 e. The maximum atomic E-state index is 13.6. The highest BCUT2D eigenvalue weighted by molar-refractivity contribution is 8.93. The molecule has 0 aliphatic heterocycles. The predicted molar refractivity (Wildman–Crippen MR) is 186 cm³/mol. The predicted octanol–water partition coefficient (Wildman–Crippen LogP) is 10.1. The van der Waals surface area contributed by atoms with Gasteiger partial charge in [0.15, 0.2) is 5.78 Å². The Morgan fingerprint density at radius 1 is 0.711 bits per heavy atom. The van der Waals surface area contributed by atoms with Crippen molar-refractivity contribution in [3.63, 3.8) is 0 Å². The minimum Gasteiger partial charge on any atom is -0.456 e. The fourth-order valence-corrected chi connectivity index (χ4v) is 6.10. The van der Waals surface area contributed by atoms with E-state index in [1.54, 1.807) is 0 Å². The number of aryl methyl sites for hydroxylation is 1. The van der Waals surface area contributed by atoms with Crippen LogP contribution in [-0.2, 0) is 13.0 Å². The zero-order valence-corrected chi connectivity index (χ0v) is 26.3. The molecule has 0 radical (unpaired) electrons. The Kier molecular flexibility index (Phi) is 7.43. The van der Waals surface area contributed by atoms with Crippen molar-refractivity contribution in [2.45, 2.75) is 19.9 Å². The zero-order valence-electron chi connectivity index (χ0n) is 24.6. The molecule has 8 aromatic rings. The van der Waals surface area contributed by atoms with E-state index in [0.717, 1.165) is 72.2 Å². The van der Waals surface area contributed by atoms with Gasteiger partial charge in [-0.2, -0.15) is 0 Å². The molecule has 5 nitrogen and oxygen atoms in total. The van der Waals surface area contributed by atoms with Crippen molar-refractivity contribution in [3.8, 4) is 0 Å². The highest BCUT2D eigenvalue weighted by atomic mass is 79.9. The molecule has 0 amide bonds. The van der Waals surface area contributed by atoms with Crippen molar-refractivity contribution in [3.05, 3.63) is 156 Å². The van der Waals surface area contributed by atoms with Crippen molar-refractivity contribution in [2.75, 3.05) is 0 Å². The number of imidazole rings is 1. The Bertz CT molecular complexity index is 2250. The van der Waals surface area contributed by atoms with E-state index < -0.39 is 0 Å². The lowest BCUT2D eigenvalue weighted by atomic mass is 10.0. The molecule has 0 fully saturated rings. The summed E-state index contributed by atoms with van der Waals surface area (Å²) in [7, 11) is 0. The van der Waals surface area contributed by atoms with Crippen LogP contribution < -0.4 is 0 Å². The second-order valence-corrected chi connectivity index (χ2v) is 11.1. The third kappa shape index (κ3) is 5.28. The van der Waals surface area contributed by atoms with Gasteiger partial charge in [0.1, 0.15) is 28.5 Å². The van der Waals surface area contributed by atoms with Crippen LogP contribution in [0.25, 0.3) is 49.3 Å². The topological polar surface area (TPSA) is 61.2 Å². The molecule has 8 rings (SSSR count). The smallest absolute Gasteiger partial charge is 0.182 e. The molecule has 6 heteroatoms.